The number of amides is 2. The Labute approximate surface area is 230 Å². The van der Waals surface area contributed by atoms with Crippen LogP contribution in [0.5, 0.6) is 0 Å². The smallest absolute Gasteiger partial charge is 0.251 e. The molecule has 2 N–H and O–H groups in total. The van der Waals surface area contributed by atoms with Crippen molar-refractivity contribution in [3.8, 4) is 0 Å². The van der Waals surface area contributed by atoms with Crippen molar-refractivity contribution in [3.63, 3.8) is 0 Å². The third-order valence-electron chi connectivity index (χ3n) is 6.44. The highest BCUT2D eigenvalue weighted by Crippen LogP contribution is 2.32. The van der Waals surface area contributed by atoms with Crippen molar-refractivity contribution in [1.29, 1.82) is 0 Å². The Kier molecular flexibility index (Phi) is 8.21. The second-order valence-corrected chi connectivity index (χ2v) is 12.9. The van der Waals surface area contributed by atoms with Gasteiger partial charge in [-0.1, -0.05) is 87.5 Å². The van der Waals surface area contributed by atoms with Crippen LogP contribution in [-0.2, 0) is 21.1 Å². The Hall–Kier alpha value is -3.97. The fourth-order valence-corrected chi connectivity index (χ4v) is 6.72. The summed E-state index contributed by atoms with van der Waals surface area (Å²) in [6.45, 7) is 7.63. The van der Waals surface area contributed by atoms with Crippen LogP contribution in [0.3, 0.4) is 0 Å². The third kappa shape index (κ3) is 6.92. The van der Waals surface area contributed by atoms with E-state index in [0.29, 0.717) is 28.4 Å². The fourth-order valence-electron chi connectivity index (χ4n) is 4.63. The van der Waals surface area contributed by atoms with Gasteiger partial charge >= 0.3 is 0 Å². The lowest BCUT2D eigenvalue weighted by atomic mass is 10.00. The molecule has 0 bridgehead atoms. The maximum absolute atomic E-state index is 13.7. The van der Waals surface area contributed by atoms with Crippen molar-refractivity contribution in [1.82, 2.24) is 5.32 Å². The Morgan fingerprint density at radius 2 is 1.44 bits per heavy atom. The third-order valence-corrected chi connectivity index (χ3v) is 8.71. The number of sulfone groups is 1. The van der Waals surface area contributed by atoms with Crippen LogP contribution in [-0.4, -0.2) is 32.0 Å². The second kappa shape index (κ2) is 11.4. The van der Waals surface area contributed by atoms with Crippen LogP contribution >= 0.6 is 0 Å². The molecule has 0 saturated heterocycles. The maximum atomic E-state index is 13.7. The minimum atomic E-state index is -3.57. The molecule has 0 fully saturated rings. The number of hydrogen-bond acceptors (Lipinski definition) is 4. The number of anilines is 1. The Balaban J connectivity index is 1.68. The van der Waals surface area contributed by atoms with Gasteiger partial charge in [-0.05, 0) is 47.7 Å². The molecular weight excluding hydrogens is 508 g/mol. The van der Waals surface area contributed by atoms with Crippen molar-refractivity contribution in [2.24, 2.45) is 5.41 Å². The molecule has 0 spiro atoms. The lowest BCUT2D eigenvalue weighted by Crippen LogP contribution is -2.45. The molecular formula is C32H34N2O4S. The largest absolute Gasteiger partial charge is 0.340 e. The van der Waals surface area contributed by atoms with Gasteiger partial charge in [0.05, 0.1) is 10.6 Å². The molecule has 0 saturated carbocycles. The van der Waals surface area contributed by atoms with Gasteiger partial charge in [0.1, 0.15) is 6.04 Å². The van der Waals surface area contributed by atoms with Crippen molar-refractivity contribution in [2.45, 2.75) is 45.1 Å². The van der Waals surface area contributed by atoms with E-state index in [-0.39, 0.29) is 16.6 Å². The predicted octanol–water partition coefficient (Wildman–Crippen LogP) is 5.95. The van der Waals surface area contributed by atoms with Gasteiger partial charge < -0.3 is 10.6 Å². The molecule has 202 valence electrons. The van der Waals surface area contributed by atoms with Crippen LogP contribution in [0.4, 0.5) is 5.69 Å². The van der Waals surface area contributed by atoms with Gasteiger partial charge in [-0.3, -0.25) is 9.59 Å². The summed E-state index contributed by atoms with van der Waals surface area (Å²) in [5.74, 6) is -0.740. The predicted molar refractivity (Wildman–Crippen MR) is 157 cm³/mol. The monoisotopic (exact) mass is 542 g/mol. The highest BCUT2D eigenvalue weighted by molar-refractivity contribution is 7.91. The molecule has 39 heavy (non-hydrogen) atoms. The van der Waals surface area contributed by atoms with Crippen molar-refractivity contribution in [2.75, 3.05) is 11.1 Å². The number of rotatable bonds is 8. The molecule has 4 aromatic rings. The van der Waals surface area contributed by atoms with E-state index in [4.69, 9.17) is 0 Å². The first-order valence-corrected chi connectivity index (χ1v) is 14.6. The Morgan fingerprint density at radius 3 is 2.13 bits per heavy atom. The van der Waals surface area contributed by atoms with E-state index in [1.54, 1.807) is 60.7 Å². The standard InChI is InChI=1S/C32H34N2O4S/c1-22-12-8-9-15-24(22)20-28(34-30(35)23-13-6-5-7-14-23)31(36)33-27-18-10-17-26-25(27)16-11-19-29(26)39(37,38)21-32(2,3)4/h5-19,28H,20-21H2,1-4H3,(H,33,36)(H,34,35)/t28-/m0/s1. The Morgan fingerprint density at radius 1 is 0.795 bits per heavy atom. The van der Waals surface area contributed by atoms with Gasteiger partial charge in [0.2, 0.25) is 5.91 Å². The molecule has 0 heterocycles. The second-order valence-electron chi connectivity index (χ2n) is 11.0. The summed E-state index contributed by atoms with van der Waals surface area (Å²) >= 11 is 0. The van der Waals surface area contributed by atoms with Crippen LogP contribution in [0.25, 0.3) is 10.8 Å². The van der Waals surface area contributed by atoms with Gasteiger partial charge in [0, 0.05) is 28.4 Å². The van der Waals surface area contributed by atoms with Gasteiger partial charge in [-0.15, -0.1) is 0 Å². The van der Waals surface area contributed by atoms with Gasteiger partial charge in [0.25, 0.3) is 5.91 Å². The summed E-state index contributed by atoms with van der Waals surface area (Å²) in [6.07, 6.45) is 0.299. The van der Waals surface area contributed by atoms with Crippen LogP contribution in [0, 0.1) is 12.3 Å². The number of benzene rings is 4. The minimum absolute atomic E-state index is 0.000279. The first-order chi connectivity index (χ1) is 18.4. The molecule has 0 aliphatic rings. The van der Waals surface area contributed by atoms with Crippen LogP contribution in [0.2, 0.25) is 0 Å². The normalized spacial score (nSPS) is 12.6. The quantitative estimate of drug-likeness (QED) is 0.288. The van der Waals surface area contributed by atoms with E-state index >= 15 is 0 Å². The number of hydrogen-bond donors (Lipinski definition) is 2. The van der Waals surface area contributed by atoms with Gasteiger partial charge in [-0.25, -0.2) is 8.42 Å². The van der Waals surface area contributed by atoms with Crippen LogP contribution in [0.15, 0.2) is 95.9 Å². The number of carbonyl (C=O) groups excluding carboxylic acids is 2. The summed E-state index contributed by atoms with van der Waals surface area (Å²) < 4.78 is 26.5. The molecule has 0 aliphatic carbocycles. The number of fused-ring (bicyclic) bond motifs is 1. The first-order valence-electron chi connectivity index (χ1n) is 12.9. The summed E-state index contributed by atoms with van der Waals surface area (Å²) in [7, 11) is -3.57. The highest BCUT2D eigenvalue weighted by atomic mass is 32.2. The zero-order valence-corrected chi connectivity index (χ0v) is 23.5. The summed E-state index contributed by atoms with van der Waals surface area (Å²) in [5, 5.41) is 7.01. The molecule has 0 aliphatic heterocycles. The van der Waals surface area contributed by atoms with Crippen molar-refractivity contribution < 1.29 is 18.0 Å². The van der Waals surface area contributed by atoms with E-state index < -0.39 is 27.2 Å². The molecule has 2 amide bonds. The van der Waals surface area contributed by atoms with E-state index in [9.17, 15) is 18.0 Å². The van der Waals surface area contributed by atoms with Crippen molar-refractivity contribution >= 4 is 38.1 Å². The lowest BCUT2D eigenvalue weighted by molar-refractivity contribution is -0.118. The number of carbonyl (C=O) groups is 2. The van der Waals surface area contributed by atoms with Crippen LogP contribution < -0.4 is 10.6 Å². The molecule has 1 atom stereocenters. The van der Waals surface area contributed by atoms with E-state index in [2.05, 4.69) is 10.6 Å². The van der Waals surface area contributed by atoms with Crippen molar-refractivity contribution in [3.05, 3.63) is 108 Å². The summed E-state index contributed by atoms with van der Waals surface area (Å²) in [4.78, 5) is 26.9. The zero-order chi connectivity index (χ0) is 28.2. The SMILES string of the molecule is Cc1ccccc1C[C@H](NC(=O)c1ccccc1)C(=O)Nc1cccc2c(S(=O)(=O)CC(C)(C)C)cccc12. The molecule has 4 aromatic carbocycles. The Bertz CT molecular complexity index is 1610. The maximum Gasteiger partial charge on any atom is 0.251 e. The minimum Gasteiger partial charge on any atom is -0.340 e. The molecule has 7 heteroatoms. The molecule has 0 unspecified atom stereocenters. The highest BCUT2D eigenvalue weighted by Gasteiger charge is 2.27. The van der Waals surface area contributed by atoms with E-state index in [0.717, 1.165) is 11.1 Å². The fraction of sp³-hybridized carbons (Fsp3) is 0.250. The topological polar surface area (TPSA) is 92.3 Å². The molecule has 6 nitrogen and oxygen atoms in total. The zero-order valence-electron chi connectivity index (χ0n) is 22.7. The van der Waals surface area contributed by atoms with Crippen LogP contribution in [0.1, 0.15) is 42.3 Å². The molecule has 0 aromatic heterocycles. The van der Waals surface area contributed by atoms with Gasteiger partial charge in [0.15, 0.2) is 9.84 Å². The average Bonchev–Trinajstić information content (AvgIpc) is 2.88. The van der Waals surface area contributed by atoms with E-state index in [1.807, 2.05) is 58.0 Å². The van der Waals surface area contributed by atoms with E-state index in [1.165, 1.54) is 0 Å². The number of aryl methyl sites for hydroxylation is 1. The molecule has 0 radical (unpaired) electrons. The number of nitrogens with one attached hydrogen (secondary N) is 2. The summed E-state index contributed by atoms with van der Waals surface area (Å²) in [6, 6.07) is 25.9. The molecule has 4 rings (SSSR count). The van der Waals surface area contributed by atoms with Gasteiger partial charge in [-0.2, -0.15) is 0 Å². The lowest BCUT2D eigenvalue weighted by Gasteiger charge is -2.21. The summed E-state index contributed by atoms with van der Waals surface area (Å²) in [5.41, 5.74) is 2.49. The average molecular weight is 543 g/mol. The first kappa shape index (κ1) is 28.0.